The quantitative estimate of drug-likeness (QED) is 0.361. The second-order valence-electron chi connectivity index (χ2n) is 7.94. The maximum atomic E-state index is 13.1. The number of aromatic nitrogens is 2. The van der Waals surface area contributed by atoms with Crippen LogP contribution in [-0.4, -0.2) is 23.2 Å². The van der Waals surface area contributed by atoms with Gasteiger partial charge >= 0.3 is 11.9 Å². The third kappa shape index (κ3) is 4.68. The highest BCUT2D eigenvalue weighted by Crippen LogP contribution is 2.44. The standard InChI is InChI=1S/C27H26ClN3O3/c1-3-10-22-25(27(33)34-4-2)24(19-13-8-9-14-21(19)28)20-17-29-31(26(20)30-22)23(32)16-15-18-11-6-5-7-12-18/h5-9,11-17,24,30H,3-4,10H2,1-2H3/p+1/b16-15+. The summed E-state index contributed by atoms with van der Waals surface area (Å²) in [6.07, 6.45) is 6.45. The number of halogens is 1. The maximum absolute atomic E-state index is 13.1. The first-order chi connectivity index (χ1) is 16.5. The van der Waals surface area contributed by atoms with Crippen LogP contribution in [0.1, 0.15) is 54.1 Å². The molecule has 0 aliphatic carbocycles. The summed E-state index contributed by atoms with van der Waals surface area (Å²) in [5.41, 5.74) is 3.70. The van der Waals surface area contributed by atoms with E-state index in [2.05, 4.69) is 10.4 Å². The van der Waals surface area contributed by atoms with Crippen LogP contribution in [-0.2, 0) is 9.53 Å². The van der Waals surface area contributed by atoms with Crippen LogP contribution in [0.25, 0.3) is 6.08 Å². The van der Waals surface area contributed by atoms with Gasteiger partial charge < -0.3 is 10.1 Å². The Balaban J connectivity index is 1.82. The van der Waals surface area contributed by atoms with E-state index in [9.17, 15) is 9.59 Å². The van der Waals surface area contributed by atoms with Gasteiger partial charge in [0, 0.05) is 16.8 Å². The number of carbonyl (C=O) groups is 2. The van der Waals surface area contributed by atoms with Gasteiger partial charge in [0.05, 0.1) is 23.7 Å². The van der Waals surface area contributed by atoms with Gasteiger partial charge in [-0.2, -0.15) is 0 Å². The fourth-order valence-electron chi connectivity index (χ4n) is 4.19. The Labute approximate surface area is 203 Å². The monoisotopic (exact) mass is 476 g/mol. The molecule has 0 radical (unpaired) electrons. The number of nitrogens with one attached hydrogen (secondary N) is 2. The minimum atomic E-state index is -0.478. The Bertz CT molecular complexity index is 1260. The van der Waals surface area contributed by atoms with Crippen molar-refractivity contribution in [1.29, 1.82) is 0 Å². The number of rotatable bonds is 7. The van der Waals surface area contributed by atoms with E-state index in [0.717, 1.165) is 28.8 Å². The SMILES string of the molecule is CCCC1=C(C(=O)OCC)C(c2ccccc2Cl)c2c[nH+]n(C(=O)/C=C/c3ccccc3)c2N1. The van der Waals surface area contributed by atoms with Crippen molar-refractivity contribution in [3.05, 3.63) is 99.9 Å². The van der Waals surface area contributed by atoms with Gasteiger partial charge in [-0.3, -0.25) is 4.79 Å². The molecule has 0 saturated carbocycles. The molecular formula is C27H27ClN3O3+. The number of esters is 1. The van der Waals surface area contributed by atoms with Crippen LogP contribution in [0, 0.1) is 0 Å². The number of hydrogen-bond donors (Lipinski definition) is 1. The topological polar surface area (TPSA) is 74.5 Å². The van der Waals surface area contributed by atoms with Crippen molar-refractivity contribution in [2.75, 3.05) is 11.9 Å². The third-order valence-corrected chi connectivity index (χ3v) is 6.03. The van der Waals surface area contributed by atoms with E-state index in [4.69, 9.17) is 16.3 Å². The van der Waals surface area contributed by atoms with E-state index in [1.54, 1.807) is 25.3 Å². The number of benzene rings is 2. The summed E-state index contributed by atoms with van der Waals surface area (Å²) in [5, 5.41) is 6.95. The molecule has 6 nitrogen and oxygen atoms in total. The number of allylic oxidation sites excluding steroid dienone is 2. The Morgan fingerprint density at radius 1 is 1.09 bits per heavy atom. The van der Waals surface area contributed by atoms with Gasteiger partial charge in [-0.25, -0.2) is 4.79 Å². The van der Waals surface area contributed by atoms with Gasteiger partial charge in [0.1, 0.15) is 0 Å². The molecule has 1 atom stereocenters. The van der Waals surface area contributed by atoms with Crippen LogP contribution in [0.15, 0.2) is 78.1 Å². The second-order valence-corrected chi connectivity index (χ2v) is 8.34. The van der Waals surface area contributed by atoms with Gasteiger partial charge in [0.2, 0.25) is 0 Å². The second kappa shape index (κ2) is 10.5. The Kier molecular flexibility index (Phi) is 7.28. The third-order valence-electron chi connectivity index (χ3n) is 5.69. The first-order valence-electron chi connectivity index (χ1n) is 11.4. The molecule has 1 aliphatic rings. The molecule has 2 N–H and O–H groups in total. The number of nitrogens with zero attached hydrogens (tertiary/aromatic N) is 1. The predicted octanol–water partition coefficient (Wildman–Crippen LogP) is 5.48. The highest BCUT2D eigenvalue weighted by atomic mass is 35.5. The van der Waals surface area contributed by atoms with Crippen molar-refractivity contribution in [3.8, 4) is 0 Å². The number of hydrogen-bond acceptors (Lipinski definition) is 4. The molecule has 0 amide bonds. The molecule has 2 heterocycles. The van der Waals surface area contributed by atoms with Gasteiger partial charge in [0.15, 0.2) is 12.0 Å². The van der Waals surface area contributed by atoms with Crippen LogP contribution in [0.2, 0.25) is 5.02 Å². The van der Waals surface area contributed by atoms with E-state index >= 15 is 0 Å². The van der Waals surface area contributed by atoms with E-state index in [1.165, 1.54) is 10.8 Å². The van der Waals surface area contributed by atoms with Crippen LogP contribution in [0.5, 0.6) is 0 Å². The molecule has 1 aromatic heterocycles. The van der Waals surface area contributed by atoms with Crippen molar-refractivity contribution in [1.82, 2.24) is 4.68 Å². The summed E-state index contributed by atoms with van der Waals surface area (Å²) >= 11 is 6.59. The molecule has 0 bridgehead atoms. The van der Waals surface area contributed by atoms with Crippen LogP contribution >= 0.6 is 11.6 Å². The lowest BCUT2D eigenvalue weighted by atomic mass is 9.82. The smallest absolute Gasteiger partial charge is 0.336 e. The molecule has 1 unspecified atom stereocenters. The van der Waals surface area contributed by atoms with Gasteiger partial charge in [0.25, 0.3) is 0 Å². The average molecular weight is 477 g/mol. The lowest BCUT2D eigenvalue weighted by molar-refractivity contribution is -0.470. The number of fused-ring (bicyclic) bond motifs is 1. The van der Waals surface area contributed by atoms with Gasteiger partial charge in [-0.05, 0) is 36.6 Å². The number of H-pyrrole nitrogens is 1. The molecule has 2 aromatic carbocycles. The van der Waals surface area contributed by atoms with Crippen molar-refractivity contribution in [2.45, 2.75) is 32.6 Å². The Hall–Kier alpha value is -3.64. The largest absolute Gasteiger partial charge is 0.463 e. The molecule has 4 rings (SSSR count). The zero-order valence-electron chi connectivity index (χ0n) is 19.2. The molecule has 3 aromatic rings. The van der Waals surface area contributed by atoms with E-state index in [-0.39, 0.29) is 12.5 Å². The maximum Gasteiger partial charge on any atom is 0.336 e. The summed E-state index contributed by atoms with van der Waals surface area (Å²) < 4.78 is 6.89. The molecule has 34 heavy (non-hydrogen) atoms. The number of carbonyl (C=O) groups excluding carboxylic acids is 2. The molecular weight excluding hydrogens is 450 g/mol. The normalized spacial score (nSPS) is 15.2. The Morgan fingerprint density at radius 2 is 1.82 bits per heavy atom. The van der Waals surface area contributed by atoms with Gasteiger partial charge in [-0.15, -0.1) is 5.10 Å². The van der Waals surface area contributed by atoms with Crippen molar-refractivity contribution in [3.63, 3.8) is 0 Å². The lowest BCUT2D eigenvalue weighted by Gasteiger charge is -2.28. The van der Waals surface area contributed by atoms with E-state index < -0.39 is 11.9 Å². The minimum Gasteiger partial charge on any atom is -0.463 e. The zero-order valence-corrected chi connectivity index (χ0v) is 19.9. The lowest BCUT2D eigenvalue weighted by Crippen LogP contribution is -2.29. The van der Waals surface area contributed by atoms with Crippen LogP contribution in [0.3, 0.4) is 0 Å². The Morgan fingerprint density at radius 3 is 2.53 bits per heavy atom. The van der Waals surface area contributed by atoms with E-state index in [1.807, 2.05) is 55.5 Å². The number of anilines is 1. The first kappa shape index (κ1) is 23.5. The minimum absolute atomic E-state index is 0.244. The molecule has 0 spiro atoms. The average Bonchev–Trinajstić information content (AvgIpc) is 3.27. The highest BCUT2D eigenvalue weighted by molar-refractivity contribution is 6.31. The summed E-state index contributed by atoms with van der Waals surface area (Å²) in [7, 11) is 0. The summed E-state index contributed by atoms with van der Waals surface area (Å²) in [5.74, 6) is -0.527. The summed E-state index contributed by atoms with van der Waals surface area (Å²) in [6.45, 7) is 4.09. The molecule has 0 fully saturated rings. The van der Waals surface area contributed by atoms with Gasteiger partial charge in [-0.1, -0.05) is 78.2 Å². The fraction of sp³-hybridized carbons (Fsp3) is 0.222. The molecule has 174 valence electrons. The zero-order chi connectivity index (χ0) is 24.1. The number of ether oxygens (including phenoxy) is 1. The van der Waals surface area contributed by atoms with Crippen LogP contribution in [0.4, 0.5) is 5.82 Å². The number of aromatic amines is 1. The van der Waals surface area contributed by atoms with E-state index in [0.29, 0.717) is 22.8 Å². The van der Waals surface area contributed by atoms with Crippen molar-refractivity contribution in [2.24, 2.45) is 0 Å². The predicted molar refractivity (Wildman–Crippen MR) is 133 cm³/mol. The van der Waals surface area contributed by atoms with Crippen molar-refractivity contribution < 1.29 is 19.4 Å². The fourth-order valence-corrected chi connectivity index (χ4v) is 4.44. The molecule has 1 aliphatic heterocycles. The summed E-state index contributed by atoms with van der Waals surface area (Å²) in [4.78, 5) is 26.2. The van der Waals surface area contributed by atoms with Crippen molar-refractivity contribution >= 4 is 35.4 Å². The highest BCUT2D eigenvalue weighted by Gasteiger charge is 2.40. The molecule has 7 heteroatoms. The van der Waals surface area contributed by atoms with Crippen LogP contribution < -0.4 is 10.4 Å². The first-order valence-corrected chi connectivity index (χ1v) is 11.7. The molecule has 0 saturated heterocycles. The summed E-state index contributed by atoms with van der Waals surface area (Å²) in [6, 6.07) is 17.1.